The SMILES string of the molecule is NC(=O)c1ccc(C#Cc2cc(C(=O)Nc3cc(F)c(=O)n(CC(F)F)c3)sc2Cl)cc1. The number of hydrogen-bond acceptors (Lipinski definition) is 4. The normalized spacial score (nSPS) is 10.5. The summed E-state index contributed by atoms with van der Waals surface area (Å²) in [6.45, 7) is -1.01. The van der Waals surface area contributed by atoms with Crippen molar-refractivity contribution in [2.24, 2.45) is 5.73 Å². The molecule has 3 N–H and O–H groups in total. The molecule has 2 aromatic heterocycles. The highest BCUT2D eigenvalue weighted by Gasteiger charge is 2.16. The Kier molecular flexibility index (Phi) is 7.02. The molecule has 164 valence electrons. The first-order valence-electron chi connectivity index (χ1n) is 8.84. The van der Waals surface area contributed by atoms with Crippen LogP contribution in [0, 0.1) is 17.7 Å². The van der Waals surface area contributed by atoms with E-state index in [0.717, 1.165) is 23.6 Å². The van der Waals surface area contributed by atoms with Crippen molar-refractivity contribution in [3.8, 4) is 11.8 Å². The summed E-state index contributed by atoms with van der Waals surface area (Å²) >= 11 is 7.05. The summed E-state index contributed by atoms with van der Waals surface area (Å²) < 4.78 is 39.6. The molecule has 3 aromatic rings. The van der Waals surface area contributed by atoms with Gasteiger partial charge in [-0.2, -0.15) is 0 Å². The van der Waals surface area contributed by atoms with Gasteiger partial charge in [0, 0.05) is 23.4 Å². The molecule has 0 atom stereocenters. The van der Waals surface area contributed by atoms with Crippen molar-refractivity contribution in [3.05, 3.63) is 84.7 Å². The molecule has 32 heavy (non-hydrogen) atoms. The Morgan fingerprint density at radius 3 is 2.50 bits per heavy atom. The molecule has 2 heterocycles. The minimum atomic E-state index is -2.87. The summed E-state index contributed by atoms with van der Waals surface area (Å²) in [5.74, 6) is 3.12. The standard InChI is InChI=1S/C21H13ClF3N3O3S/c22-18-13(6-3-11-1-4-12(5-2-11)19(26)29)7-16(32-18)20(30)27-14-8-15(23)21(31)28(9-14)10-17(24)25/h1-2,4-5,7-9,17H,10H2,(H2,26,29)(H,27,30). The van der Waals surface area contributed by atoms with E-state index in [9.17, 15) is 27.6 Å². The number of primary amides is 1. The number of rotatable bonds is 5. The molecule has 1 aromatic carbocycles. The molecule has 6 nitrogen and oxygen atoms in total. The number of nitrogens with one attached hydrogen (secondary N) is 1. The zero-order chi connectivity index (χ0) is 23.4. The van der Waals surface area contributed by atoms with Crippen molar-refractivity contribution in [3.63, 3.8) is 0 Å². The van der Waals surface area contributed by atoms with Gasteiger partial charge in [-0.1, -0.05) is 23.4 Å². The molecular weight excluding hydrogens is 467 g/mol. The zero-order valence-electron chi connectivity index (χ0n) is 16.0. The van der Waals surface area contributed by atoms with E-state index in [1.807, 2.05) is 0 Å². The molecule has 0 fully saturated rings. The number of carbonyl (C=O) groups excluding carboxylic acids is 2. The maximum Gasteiger partial charge on any atom is 0.286 e. The van der Waals surface area contributed by atoms with Crippen molar-refractivity contribution in [2.75, 3.05) is 5.32 Å². The average molecular weight is 480 g/mol. The fourth-order valence-corrected chi connectivity index (χ4v) is 3.65. The minimum Gasteiger partial charge on any atom is -0.366 e. The fourth-order valence-electron chi connectivity index (χ4n) is 2.57. The summed E-state index contributed by atoms with van der Waals surface area (Å²) in [4.78, 5) is 35.3. The predicted molar refractivity (Wildman–Crippen MR) is 115 cm³/mol. The molecular formula is C21H13ClF3N3O3S. The highest BCUT2D eigenvalue weighted by atomic mass is 35.5. The lowest BCUT2D eigenvalue weighted by Crippen LogP contribution is -2.26. The number of carbonyl (C=O) groups is 2. The molecule has 3 rings (SSSR count). The van der Waals surface area contributed by atoms with Crippen molar-refractivity contribution in [1.82, 2.24) is 4.57 Å². The number of aromatic nitrogens is 1. The van der Waals surface area contributed by atoms with Gasteiger partial charge in [0.2, 0.25) is 5.91 Å². The second-order valence-electron chi connectivity index (χ2n) is 6.37. The first kappa shape index (κ1) is 23.1. The number of nitrogens with two attached hydrogens (primary N) is 1. The van der Waals surface area contributed by atoms with Gasteiger partial charge in [-0.05, 0) is 30.3 Å². The molecule has 0 aliphatic heterocycles. The molecule has 2 amide bonds. The van der Waals surface area contributed by atoms with Gasteiger partial charge in [-0.15, -0.1) is 11.3 Å². The Morgan fingerprint density at radius 2 is 1.88 bits per heavy atom. The van der Waals surface area contributed by atoms with Crippen LogP contribution < -0.4 is 16.6 Å². The summed E-state index contributed by atoms with van der Waals surface area (Å²) in [7, 11) is 0. The van der Waals surface area contributed by atoms with Crippen LogP contribution in [0.5, 0.6) is 0 Å². The van der Waals surface area contributed by atoms with Gasteiger partial charge in [0.15, 0.2) is 5.82 Å². The zero-order valence-corrected chi connectivity index (χ0v) is 17.6. The molecule has 0 bridgehead atoms. The van der Waals surface area contributed by atoms with E-state index >= 15 is 0 Å². The third kappa shape index (κ3) is 5.57. The van der Waals surface area contributed by atoms with Crippen LogP contribution in [0.25, 0.3) is 0 Å². The Morgan fingerprint density at radius 1 is 1.19 bits per heavy atom. The van der Waals surface area contributed by atoms with Crippen molar-refractivity contribution < 1.29 is 22.8 Å². The maximum atomic E-state index is 13.8. The number of thiophene rings is 1. The third-order valence-corrected chi connectivity index (χ3v) is 5.41. The monoisotopic (exact) mass is 479 g/mol. The van der Waals surface area contributed by atoms with Gasteiger partial charge < -0.3 is 15.6 Å². The van der Waals surface area contributed by atoms with E-state index in [-0.39, 0.29) is 14.9 Å². The third-order valence-electron chi connectivity index (χ3n) is 4.06. The summed E-state index contributed by atoms with van der Waals surface area (Å²) in [6, 6.07) is 8.40. The van der Waals surface area contributed by atoms with E-state index in [1.54, 1.807) is 12.1 Å². The van der Waals surface area contributed by atoms with Crippen LogP contribution in [0.4, 0.5) is 18.9 Å². The molecule has 0 unspecified atom stereocenters. The summed E-state index contributed by atoms with van der Waals surface area (Å²) in [5.41, 5.74) is 5.07. The van der Waals surface area contributed by atoms with E-state index in [2.05, 4.69) is 17.2 Å². The topological polar surface area (TPSA) is 94.2 Å². The van der Waals surface area contributed by atoms with Gasteiger partial charge in [-0.3, -0.25) is 14.4 Å². The maximum absolute atomic E-state index is 13.8. The quantitative estimate of drug-likeness (QED) is 0.546. The van der Waals surface area contributed by atoms with Crippen molar-refractivity contribution in [1.29, 1.82) is 0 Å². The Bertz CT molecular complexity index is 1310. The first-order valence-corrected chi connectivity index (χ1v) is 10.0. The van der Waals surface area contributed by atoms with Gasteiger partial charge in [0.05, 0.1) is 22.7 Å². The van der Waals surface area contributed by atoms with Crippen LogP contribution in [0.3, 0.4) is 0 Å². The molecule has 0 aliphatic rings. The number of halogens is 4. The van der Waals surface area contributed by atoms with Crippen molar-refractivity contribution >= 4 is 40.4 Å². The second kappa shape index (κ2) is 9.72. The first-order chi connectivity index (χ1) is 15.1. The summed E-state index contributed by atoms with van der Waals surface area (Å²) in [5, 5.41) is 2.35. The van der Waals surface area contributed by atoms with Crippen LogP contribution in [-0.4, -0.2) is 22.8 Å². The van der Waals surface area contributed by atoms with Crippen molar-refractivity contribution in [2.45, 2.75) is 13.0 Å². The number of anilines is 1. The molecule has 0 radical (unpaired) electrons. The van der Waals surface area contributed by atoms with Crippen LogP contribution in [0.2, 0.25) is 4.34 Å². The number of hydrogen-bond donors (Lipinski definition) is 2. The van der Waals surface area contributed by atoms with E-state index in [1.165, 1.54) is 18.2 Å². The lowest BCUT2D eigenvalue weighted by Gasteiger charge is -2.09. The number of amides is 2. The van der Waals surface area contributed by atoms with Gasteiger partial charge >= 0.3 is 0 Å². The smallest absolute Gasteiger partial charge is 0.286 e. The molecule has 0 spiro atoms. The minimum absolute atomic E-state index is 0.135. The van der Waals surface area contributed by atoms with Crippen LogP contribution in [0.15, 0.2) is 47.4 Å². The number of alkyl halides is 2. The Hall–Kier alpha value is -3.55. The van der Waals surface area contributed by atoms with Gasteiger partial charge in [-0.25, -0.2) is 13.2 Å². The van der Waals surface area contributed by atoms with E-state index < -0.39 is 36.2 Å². The lowest BCUT2D eigenvalue weighted by molar-refractivity contribution is 0.0997. The molecule has 0 aliphatic carbocycles. The number of benzene rings is 1. The van der Waals surface area contributed by atoms with Gasteiger partial charge in [0.1, 0.15) is 4.34 Å². The summed E-state index contributed by atoms with van der Waals surface area (Å²) in [6.07, 6.45) is -1.94. The molecule has 11 heteroatoms. The highest BCUT2D eigenvalue weighted by molar-refractivity contribution is 7.18. The average Bonchev–Trinajstić information content (AvgIpc) is 3.11. The highest BCUT2D eigenvalue weighted by Crippen LogP contribution is 2.28. The lowest BCUT2D eigenvalue weighted by atomic mass is 10.1. The second-order valence-corrected chi connectivity index (χ2v) is 8.02. The van der Waals surface area contributed by atoms with E-state index in [0.29, 0.717) is 21.3 Å². The molecule has 0 saturated carbocycles. The fraction of sp³-hybridized carbons (Fsp3) is 0.0952. The number of pyridine rings is 1. The Balaban J connectivity index is 1.79. The van der Waals surface area contributed by atoms with Crippen LogP contribution in [0.1, 0.15) is 31.2 Å². The van der Waals surface area contributed by atoms with Gasteiger partial charge in [0.25, 0.3) is 17.9 Å². The van der Waals surface area contributed by atoms with Crippen LogP contribution in [-0.2, 0) is 6.54 Å². The van der Waals surface area contributed by atoms with Crippen LogP contribution >= 0.6 is 22.9 Å². The number of nitrogens with zero attached hydrogens (tertiary/aromatic N) is 1. The van der Waals surface area contributed by atoms with E-state index in [4.69, 9.17) is 17.3 Å². The largest absolute Gasteiger partial charge is 0.366 e. The predicted octanol–water partition coefficient (Wildman–Crippen LogP) is 3.72. The Labute approximate surface area is 188 Å². The molecule has 0 saturated heterocycles.